The van der Waals surface area contributed by atoms with Gasteiger partial charge in [0.2, 0.25) is 0 Å². The first-order valence-electron chi connectivity index (χ1n) is 6.83. The van der Waals surface area contributed by atoms with Gasteiger partial charge in [-0.2, -0.15) is 0 Å². The van der Waals surface area contributed by atoms with E-state index in [9.17, 15) is 9.59 Å². The van der Waals surface area contributed by atoms with Gasteiger partial charge >= 0.3 is 29.6 Å². The zero-order chi connectivity index (χ0) is 15.8. The smallest absolute Gasteiger partial charge is 1.00 e. The standard InChI is InChI=1S/C16H10N4O2S.Na.H/c21-15-13(23-16(22)19-15)7-10-1-2-14-18-8-12(20(14)9-10)11-3-5-17-6-4-11;;/h1-9H,(H,19,21,22);;/q;+1;-1. The first-order chi connectivity index (χ1) is 11.2. The molecular weight excluding hydrogens is 335 g/mol. The maximum absolute atomic E-state index is 11.6. The Morgan fingerprint density at radius 1 is 1.17 bits per heavy atom. The van der Waals surface area contributed by atoms with Gasteiger partial charge in [-0.1, -0.05) is 0 Å². The number of fused-ring (bicyclic) bond motifs is 1. The average molecular weight is 346 g/mol. The van der Waals surface area contributed by atoms with E-state index in [1.807, 2.05) is 34.9 Å². The van der Waals surface area contributed by atoms with Gasteiger partial charge in [0.05, 0.1) is 16.8 Å². The van der Waals surface area contributed by atoms with E-state index in [0.717, 1.165) is 34.2 Å². The SMILES string of the molecule is O=C1NC(=O)C(=Cc2ccc3ncc(-c4ccncc4)n3c2)S1.[H-].[Na+]. The summed E-state index contributed by atoms with van der Waals surface area (Å²) in [5.41, 5.74) is 3.56. The quantitative estimate of drug-likeness (QED) is 0.515. The van der Waals surface area contributed by atoms with E-state index >= 15 is 0 Å². The molecule has 4 heterocycles. The van der Waals surface area contributed by atoms with Crippen molar-refractivity contribution in [1.29, 1.82) is 0 Å². The summed E-state index contributed by atoms with van der Waals surface area (Å²) >= 11 is 0.905. The number of nitrogens with zero attached hydrogens (tertiary/aromatic N) is 3. The molecule has 0 aliphatic carbocycles. The second-order valence-corrected chi connectivity index (χ2v) is 5.94. The third kappa shape index (κ3) is 3.16. The third-order valence-electron chi connectivity index (χ3n) is 3.44. The number of pyridine rings is 2. The topological polar surface area (TPSA) is 76.4 Å². The van der Waals surface area contributed by atoms with Crippen molar-refractivity contribution in [1.82, 2.24) is 19.7 Å². The van der Waals surface area contributed by atoms with Crippen molar-refractivity contribution in [3.05, 3.63) is 59.5 Å². The Hall–Kier alpha value is -1.93. The second-order valence-electron chi connectivity index (χ2n) is 4.92. The molecular formula is C16H11N4NaO2S. The summed E-state index contributed by atoms with van der Waals surface area (Å²) in [6.45, 7) is 0. The molecule has 0 bridgehead atoms. The van der Waals surface area contributed by atoms with Crippen LogP contribution in [-0.4, -0.2) is 25.5 Å². The number of imide groups is 1. The van der Waals surface area contributed by atoms with E-state index in [2.05, 4.69) is 15.3 Å². The third-order valence-corrected chi connectivity index (χ3v) is 4.25. The van der Waals surface area contributed by atoms with Crippen LogP contribution in [-0.2, 0) is 4.79 Å². The molecule has 1 N–H and O–H groups in total. The Morgan fingerprint density at radius 2 is 1.96 bits per heavy atom. The van der Waals surface area contributed by atoms with Crippen LogP contribution in [0.1, 0.15) is 6.99 Å². The number of carbonyl (C=O) groups excluding carboxylic acids is 2. The normalized spacial score (nSPS) is 15.6. The van der Waals surface area contributed by atoms with Gasteiger partial charge < -0.3 is 1.43 Å². The predicted molar refractivity (Wildman–Crippen MR) is 88.6 cm³/mol. The van der Waals surface area contributed by atoms with E-state index in [0.29, 0.717) is 4.91 Å². The molecule has 3 aromatic rings. The molecule has 0 aromatic carbocycles. The van der Waals surface area contributed by atoms with Crippen molar-refractivity contribution < 1.29 is 40.6 Å². The summed E-state index contributed by atoms with van der Waals surface area (Å²) in [4.78, 5) is 31.7. The molecule has 0 atom stereocenters. The molecule has 3 aromatic heterocycles. The number of aromatic nitrogens is 3. The molecule has 8 heteroatoms. The van der Waals surface area contributed by atoms with E-state index in [1.165, 1.54) is 0 Å². The molecule has 6 nitrogen and oxygen atoms in total. The average Bonchev–Trinajstić information content (AvgIpc) is 3.11. The number of hydrogen-bond donors (Lipinski definition) is 1. The Bertz CT molecular complexity index is 975. The van der Waals surface area contributed by atoms with E-state index in [4.69, 9.17) is 0 Å². The van der Waals surface area contributed by atoms with Crippen LogP contribution in [0.5, 0.6) is 0 Å². The Morgan fingerprint density at radius 3 is 2.67 bits per heavy atom. The summed E-state index contributed by atoms with van der Waals surface area (Å²) in [5.74, 6) is -0.361. The number of amides is 2. The summed E-state index contributed by atoms with van der Waals surface area (Å²) in [7, 11) is 0. The maximum atomic E-state index is 11.6. The number of carbonyl (C=O) groups is 2. The van der Waals surface area contributed by atoms with Crippen molar-refractivity contribution in [2.75, 3.05) is 0 Å². The second kappa shape index (κ2) is 6.90. The van der Waals surface area contributed by atoms with Crippen molar-refractivity contribution in [3.8, 4) is 11.3 Å². The number of thioether (sulfide) groups is 1. The molecule has 0 radical (unpaired) electrons. The van der Waals surface area contributed by atoms with Crippen LogP contribution in [0.25, 0.3) is 23.0 Å². The van der Waals surface area contributed by atoms with Crippen LogP contribution in [0, 0.1) is 0 Å². The molecule has 0 unspecified atom stereocenters. The molecule has 0 spiro atoms. The van der Waals surface area contributed by atoms with E-state index in [-0.39, 0.29) is 42.1 Å². The van der Waals surface area contributed by atoms with Crippen molar-refractivity contribution >= 4 is 34.6 Å². The zero-order valence-corrected chi connectivity index (χ0v) is 15.6. The van der Waals surface area contributed by atoms with Crippen LogP contribution in [0.4, 0.5) is 4.79 Å². The number of imidazole rings is 1. The predicted octanol–water partition coefficient (Wildman–Crippen LogP) is -0.163. The summed E-state index contributed by atoms with van der Waals surface area (Å²) in [6, 6.07) is 7.56. The summed E-state index contributed by atoms with van der Waals surface area (Å²) < 4.78 is 1.95. The zero-order valence-electron chi connectivity index (χ0n) is 13.8. The molecule has 2 amide bonds. The first kappa shape index (κ1) is 16.9. The van der Waals surface area contributed by atoms with Crippen molar-refractivity contribution in [3.63, 3.8) is 0 Å². The maximum Gasteiger partial charge on any atom is 1.00 e. The fourth-order valence-electron chi connectivity index (χ4n) is 2.39. The number of nitrogens with one attached hydrogen (secondary N) is 1. The van der Waals surface area contributed by atoms with Crippen LogP contribution in [0.3, 0.4) is 0 Å². The van der Waals surface area contributed by atoms with Gasteiger partial charge in [-0.25, -0.2) is 4.98 Å². The fraction of sp³-hybridized carbons (Fsp3) is 0. The number of rotatable bonds is 2. The van der Waals surface area contributed by atoms with Crippen molar-refractivity contribution in [2.45, 2.75) is 0 Å². The minimum absolute atomic E-state index is 0. The molecule has 0 saturated carbocycles. The van der Waals surface area contributed by atoms with Crippen LogP contribution < -0.4 is 34.9 Å². The summed E-state index contributed by atoms with van der Waals surface area (Å²) in [5, 5.41) is 1.90. The van der Waals surface area contributed by atoms with Crippen molar-refractivity contribution in [2.24, 2.45) is 0 Å². The van der Waals surface area contributed by atoms with Gasteiger partial charge in [0, 0.05) is 24.2 Å². The Labute approximate surface area is 165 Å². The molecule has 1 aliphatic heterocycles. The number of hydrogen-bond acceptors (Lipinski definition) is 5. The van der Waals surface area contributed by atoms with Crippen LogP contribution in [0.15, 0.2) is 54.0 Å². The first-order valence-corrected chi connectivity index (χ1v) is 7.65. The monoisotopic (exact) mass is 346 g/mol. The van der Waals surface area contributed by atoms with Crippen LogP contribution >= 0.6 is 11.8 Å². The summed E-state index contributed by atoms with van der Waals surface area (Å²) in [6.07, 6.45) is 8.84. The van der Waals surface area contributed by atoms with Gasteiger partial charge in [0.25, 0.3) is 11.1 Å². The molecule has 24 heavy (non-hydrogen) atoms. The minimum atomic E-state index is -0.361. The van der Waals surface area contributed by atoms with E-state index in [1.54, 1.807) is 24.7 Å². The largest absolute Gasteiger partial charge is 1.00 e. The Balaban J connectivity index is 0.00000113. The molecule has 114 valence electrons. The van der Waals surface area contributed by atoms with Gasteiger partial charge in [-0.15, -0.1) is 0 Å². The molecule has 1 saturated heterocycles. The Kier molecular flexibility index (Phi) is 4.86. The molecule has 1 fully saturated rings. The van der Waals surface area contributed by atoms with Gasteiger partial charge in [-0.3, -0.25) is 24.3 Å². The molecule has 4 rings (SSSR count). The fourth-order valence-corrected chi connectivity index (χ4v) is 3.07. The minimum Gasteiger partial charge on any atom is -1.00 e. The van der Waals surface area contributed by atoms with Gasteiger partial charge in [0.15, 0.2) is 0 Å². The van der Waals surface area contributed by atoms with Gasteiger partial charge in [-0.05, 0) is 47.7 Å². The van der Waals surface area contributed by atoms with Gasteiger partial charge in [0.1, 0.15) is 5.65 Å². The van der Waals surface area contributed by atoms with Crippen LogP contribution in [0.2, 0.25) is 0 Å². The molecule has 1 aliphatic rings. The van der Waals surface area contributed by atoms with E-state index < -0.39 is 0 Å².